The summed E-state index contributed by atoms with van der Waals surface area (Å²) in [5, 5.41) is 2.37. The molecule has 3 aromatic rings. The first-order valence-corrected chi connectivity index (χ1v) is 11.3. The number of nitrogens with zero attached hydrogens (tertiary/aromatic N) is 5. The number of hydrogen-bond donors (Lipinski definition) is 0. The molecule has 1 aromatic carbocycles. The van der Waals surface area contributed by atoms with Crippen LogP contribution in [0.25, 0.3) is 11.3 Å². The van der Waals surface area contributed by atoms with Crippen molar-refractivity contribution < 1.29 is 9.59 Å². The van der Waals surface area contributed by atoms with Crippen molar-refractivity contribution in [2.75, 3.05) is 37.6 Å². The Kier molecular flexibility index (Phi) is 5.48. The normalized spacial score (nSPS) is 19.7. The molecule has 0 N–H and O–H groups in total. The van der Waals surface area contributed by atoms with Crippen LogP contribution in [0.1, 0.15) is 16.2 Å². The topological polar surface area (TPSA) is 69.6 Å². The van der Waals surface area contributed by atoms with Gasteiger partial charge in [-0.15, -0.1) is 11.3 Å². The van der Waals surface area contributed by atoms with Gasteiger partial charge in [0.05, 0.1) is 5.69 Å². The molecule has 4 heterocycles. The molecule has 0 saturated carbocycles. The number of aromatic nitrogens is 2. The molecule has 2 aliphatic rings. The number of pyridine rings is 1. The van der Waals surface area contributed by atoms with Crippen LogP contribution in [-0.2, 0) is 4.79 Å². The summed E-state index contributed by atoms with van der Waals surface area (Å²) in [5.41, 5.74) is 2.81. The summed E-state index contributed by atoms with van der Waals surface area (Å²) in [4.78, 5) is 40.0. The number of rotatable bonds is 4. The Morgan fingerprint density at radius 3 is 2.61 bits per heavy atom. The lowest BCUT2D eigenvalue weighted by Gasteiger charge is -2.37. The smallest absolute Gasteiger partial charge is 0.282 e. The molecular formula is C23H23N5O2S. The second kappa shape index (κ2) is 8.56. The Hall–Kier alpha value is -3.10. The maximum absolute atomic E-state index is 12.8. The van der Waals surface area contributed by atoms with Crippen LogP contribution >= 0.6 is 11.3 Å². The van der Waals surface area contributed by atoms with Crippen molar-refractivity contribution in [2.45, 2.75) is 12.5 Å². The highest BCUT2D eigenvalue weighted by Gasteiger charge is 2.36. The average Bonchev–Trinajstić information content (AvgIpc) is 3.50. The predicted octanol–water partition coefficient (Wildman–Crippen LogP) is 2.77. The molecule has 2 saturated heterocycles. The summed E-state index contributed by atoms with van der Waals surface area (Å²) in [7, 11) is 0. The Morgan fingerprint density at radius 1 is 1.00 bits per heavy atom. The number of piperazine rings is 1. The summed E-state index contributed by atoms with van der Waals surface area (Å²) in [6.07, 6.45) is 3.95. The van der Waals surface area contributed by atoms with E-state index in [9.17, 15) is 9.59 Å². The first-order chi connectivity index (χ1) is 15.2. The van der Waals surface area contributed by atoms with Crippen molar-refractivity contribution >= 4 is 28.8 Å². The van der Waals surface area contributed by atoms with Gasteiger partial charge in [-0.3, -0.25) is 19.5 Å². The maximum atomic E-state index is 12.8. The largest absolute Gasteiger partial charge is 0.334 e. The SMILES string of the molecule is O=C(c1nccs1)N1CCN(C2CC(=O)N(c3cccc(-c4ccccn4)c3)C2)CC1. The molecule has 1 unspecified atom stereocenters. The van der Waals surface area contributed by atoms with Crippen LogP contribution in [0, 0.1) is 0 Å². The van der Waals surface area contributed by atoms with Gasteiger partial charge in [-0.1, -0.05) is 18.2 Å². The van der Waals surface area contributed by atoms with Crippen LogP contribution < -0.4 is 4.90 Å². The number of hydrogen-bond acceptors (Lipinski definition) is 6. The van der Waals surface area contributed by atoms with Crippen LogP contribution in [0.2, 0.25) is 0 Å². The molecule has 2 fully saturated rings. The minimum absolute atomic E-state index is 0.00473. The molecule has 158 valence electrons. The number of carbonyl (C=O) groups is 2. The number of carbonyl (C=O) groups excluding carboxylic acids is 2. The van der Waals surface area contributed by atoms with Crippen molar-refractivity contribution in [3.05, 3.63) is 65.2 Å². The molecule has 0 radical (unpaired) electrons. The summed E-state index contributed by atoms with van der Waals surface area (Å²) in [6, 6.07) is 14.0. The number of thiazole rings is 1. The van der Waals surface area contributed by atoms with E-state index in [-0.39, 0.29) is 17.9 Å². The maximum Gasteiger partial charge on any atom is 0.282 e. The third-order valence-electron chi connectivity index (χ3n) is 5.96. The van der Waals surface area contributed by atoms with Gasteiger partial charge < -0.3 is 9.80 Å². The van der Waals surface area contributed by atoms with Crippen LogP contribution in [0.3, 0.4) is 0 Å². The van der Waals surface area contributed by atoms with Gasteiger partial charge in [0.25, 0.3) is 5.91 Å². The van der Waals surface area contributed by atoms with E-state index in [0.717, 1.165) is 30.0 Å². The molecule has 0 spiro atoms. The fourth-order valence-corrected chi connectivity index (χ4v) is 4.91. The van der Waals surface area contributed by atoms with Crippen molar-refractivity contribution in [1.29, 1.82) is 0 Å². The number of amides is 2. The fraction of sp³-hybridized carbons (Fsp3) is 0.304. The van der Waals surface area contributed by atoms with Gasteiger partial charge in [0, 0.05) is 74.2 Å². The Balaban J connectivity index is 1.24. The van der Waals surface area contributed by atoms with Gasteiger partial charge in [-0.2, -0.15) is 0 Å². The zero-order chi connectivity index (χ0) is 21.2. The highest BCUT2D eigenvalue weighted by atomic mass is 32.1. The first kappa shape index (κ1) is 19.8. The van der Waals surface area contributed by atoms with Gasteiger partial charge in [-0.05, 0) is 24.3 Å². The molecule has 2 aromatic heterocycles. The van der Waals surface area contributed by atoms with E-state index < -0.39 is 0 Å². The minimum atomic E-state index is 0.00473. The molecule has 2 aliphatic heterocycles. The second-order valence-electron chi connectivity index (χ2n) is 7.79. The van der Waals surface area contributed by atoms with E-state index in [1.54, 1.807) is 12.4 Å². The van der Waals surface area contributed by atoms with Crippen molar-refractivity contribution in [3.8, 4) is 11.3 Å². The van der Waals surface area contributed by atoms with Gasteiger partial charge in [0.1, 0.15) is 0 Å². The van der Waals surface area contributed by atoms with Crippen molar-refractivity contribution in [1.82, 2.24) is 19.8 Å². The number of anilines is 1. The molecule has 2 amide bonds. The zero-order valence-electron chi connectivity index (χ0n) is 17.1. The quantitative estimate of drug-likeness (QED) is 0.633. The second-order valence-corrected chi connectivity index (χ2v) is 8.69. The van der Waals surface area contributed by atoms with Gasteiger partial charge in [0.2, 0.25) is 5.91 Å². The molecule has 7 nitrogen and oxygen atoms in total. The molecule has 0 aliphatic carbocycles. The van der Waals surface area contributed by atoms with E-state index in [1.165, 1.54) is 11.3 Å². The lowest BCUT2D eigenvalue weighted by molar-refractivity contribution is -0.117. The van der Waals surface area contributed by atoms with E-state index in [4.69, 9.17) is 0 Å². The molecule has 1 atom stereocenters. The van der Waals surface area contributed by atoms with Crippen LogP contribution in [0.15, 0.2) is 60.2 Å². The highest BCUT2D eigenvalue weighted by molar-refractivity contribution is 7.11. The summed E-state index contributed by atoms with van der Waals surface area (Å²) >= 11 is 1.38. The molecule has 8 heteroatoms. The minimum Gasteiger partial charge on any atom is -0.334 e. The van der Waals surface area contributed by atoms with Gasteiger partial charge in [-0.25, -0.2) is 4.98 Å². The third kappa shape index (κ3) is 4.08. The lowest BCUT2D eigenvalue weighted by atomic mass is 10.1. The fourth-order valence-electron chi connectivity index (χ4n) is 4.30. The van der Waals surface area contributed by atoms with Crippen LogP contribution in [0.4, 0.5) is 5.69 Å². The van der Waals surface area contributed by atoms with Gasteiger partial charge in [0.15, 0.2) is 5.01 Å². The van der Waals surface area contributed by atoms with E-state index >= 15 is 0 Å². The van der Waals surface area contributed by atoms with Crippen LogP contribution in [0.5, 0.6) is 0 Å². The van der Waals surface area contributed by atoms with E-state index in [0.29, 0.717) is 31.1 Å². The molecule has 5 rings (SSSR count). The lowest BCUT2D eigenvalue weighted by Crippen LogP contribution is -2.52. The predicted molar refractivity (Wildman–Crippen MR) is 120 cm³/mol. The standard InChI is InChI=1S/C23H23N5O2S/c29-21-15-19(26-9-11-27(12-10-26)23(30)22-25-8-13-31-22)16-28(21)18-5-3-4-17(14-18)20-6-1-2-7-24-20/h1-8,13-14,19H,9-12,15-16H2. The average molecular weight is 434 g/mol. The summed E-state index contributed by atoms with van der Waals surface area (Å²) in [5.74, 6) is 0.148. The zero-order valence-corrected chi connectivity index (χ0v) is 17.9. The summed E-state index contributed by atoms with van der Waals surface area (Å²) in [6.45, 7) is 3.55. The Morgan fingerprint density at radius 2 is 1.87 bits per heavy atom. The molecule has 0 bridgehead atoms. The van der Waals surface area contributed by atoms with Crippen LogP contribution in [-0.4, -0.2) is 70.3 Å². The Bertz CT molecular complexity index is 1060. The van der Waals surface area contributed by atoms with E-state index in [1.807, 2.05) is 57.6 Å². The highest BCUT2D eigenvalue weighted by Crippen LogP contribution is 2.28. The molecular weight excluding hydrogens is 410 g/mol. The number of benzene rings is 1. The third-order valence-corrected chi connectivity index (χ3v) is 6.72. The molecule has 31 heavy (non-hydrogen) atoms. The monoisotopic (exact) mass is 433 g/mol. The van der Waals surface area contributed by atoms with Crippen molar-refractivity contribution in [3.63, 3.8) is 0 Å². The first-order valence-electron chi connectivity index (χ1n) is 10.4. The summed E-state index contributed by atoms with van der Waals surface area (Å²) < 4.78 is 0. The Labute approximate surface area is 185 Å². The van der Waals surface area contributed by atoms with Gasteiger partial charge >= 0.3 is 0 Å². The van der Waals surface area contributed by atoms with E-state index in [2.05, 4.69) is 14.9 Å². The van der Waals surface area contributed by atoms with Crippen molar-refractivity contribution in [2.24, 2.45) is 0 Å².